The number of nitrogens with zero attached hydrogens (tertiary/aromatic N) is 1. The number of rotatable bonds is 7. The van der Waals surface area contributed by atoms with Gasteiger partial charge in [0.25, 0.3) is 0 Å². The van der Waals surface area contributed by atoms with Gasteiger partial charge in [0.2, 0.25) is 0 Å². The summed E-state index contributed by atoms with van der Waals surface area (Å²) in [7, 11) is 1.45. The molecule has 0 saturated carbocycles. The number of aliphatic hydroxyl groups excluding tert-OH is 1. The average molecular weight is 351 g/mol. The summed E-state index contributed by atoms with van der Waals surface area (Å²) in [6, 6.07) is 4.29. The number of ketones is 1. The predicted molar refractivity (Wildman–Crippen MR) is 86.6 cm³/mol. The van der Waals surface area contributed by atoms with Gasteiger partial charge in [0.1, 0.15) is 22.6 Å². The quantitative estimate of drug-likeness (QED) is 0.582. The van der Waals surface area contributed by atoms with Crippen molar-refractivity contribution in [2.45, 2.75) is 19.4 Å². The highest BCUT2D eigenvalue weighted by molar-refractivity contribution is 7.09. The summed E-state index contributed by atoms with van der Waals surface area (Å²) in [5.41, 5.74) is 0.174. The summed E-state index contributed by atoms with van der Waals surface area (Å²) in [6.07, 6.45) is -1.44. The molecule has 0 spiro atoms. The largest absolute Gasteiger partial charge is 0.507 e. The fourth-order valence-corrected chi connectivity index (χ4v) is 2.76. The Bertz CT molecular complexity index is 742. The lowest BCUT2D eigenvalue weighted by atomic mass is 10.0. The van der Waals surface area contributed by atoms with Crippen molar-refractivity contribution in [2.75, 3.05) is 13.7 Å². The lowest BCUT2D eigenvalue weighted by Crippen LogP contribution is -2.09. The maximum atomic E-state index is 12.2. The van der Waals surface area contributed by atoms with E-state index in [-0.39, 0.29) is 35.0 Å². The van der Waals surface area contributed by atoms with E-state index in [9.17, 15) is 19.8 Å². The van der Waals surface area contributed by atoms with Crippen molar-refractivity contribution >= 4 is 23.1 Å². The highest BCUT2D eigenvalue weighted by Gasteiger charge is 2.21. The van der Waals surface area contributed by atoms with E-state index in [4.69, 9.17) is 9.47 Å². The molecule has 2 aromatic rings. The van der Waals surface area contributed by atoms with E-state index in [1.165, 1.54) is 24.6 Å². The van der Waals surface area contributed by atoms with Crippen molar-refractivity contribution in [1.29, 1.82) is 0 Å². The molecule has 2 N–H and O–H groups in total. The van der Waals surface area contributed by atoms with Crippen molar-refractivity contribution in [2.24, 2.45) is 0 Å². The third-order valence-electron chi connectivity index (χ3n) is 3.18. The van der Waals surface area contributed by atoms with Crippen LogP contribution in [0.25, 0.3) is 0 Å². The smallest absolute Gasteiger partial charge is 0.357 e. The molecule has 1 aromatic carbocycles. The number of esters is 1. The summed E-state index contributed by atoms with van der Waals surface area (Å²) in [6.45, 7) is 1.91. The molecule has 24 heavy (non-hydrogen) atoms. The van der Waals surface area contributed by atoms with Crippen LogP contribution in [0.15, 0.2) is 23.6 Å². The molecule has 128 valence electrons. The van der Waals surface area contributed by atoms with E-state index >= 15 is 0 Å². The predicted octanol–water partition coefficient (Wildman–Crippen LogP) is 2.34. The SMILES string of the molecule is CCOC(=O)c1csc(C(O)CC(=O)c2ccc(OC)cc2O)n1. The summed E-state index contributed by atoms with van der Waals surface area (Å²) in [5, 5.41) is 21.7. The number of phenols is 1. The molecule has 0 saturated heterocycles. The Balaban J connectivity index is 2.07. The Morgan fingerprint density at radius 3 is 2.75 bits per heavy atom. The molecule has 0 fully saturated rings. The second-order valence-corrected chi connectivity index (χ2v) is 5.71. The second-order valence-electron chi connectivity index (χ2n) is 4.82. The lowest BCUT2D eigenvalue weighted by molar-refractivity contribution is 0.0519. The van der Waals surface area contributed by atoms with Gasteiger partial charge < -0.3 is 19.7 Å². The second kappa shape index (κ2) is 7.89. The van der Waals surface area contributed by atoms with Gasteiger partial charge in [-0.1, -0.05) is 0 Å². The van der Waals surface area contributed by atoms with Gasteiger partial charge >= 0.3 is 5.97 Å². The third-order valence-corrected chi connectivity index (χ3v) is 4.12. The zero-order chi connectivity index (χ0) is 17.7. The normalized spacial score (nSPS) is 11.8. The Morgan fingerprint density at radius 1 is 1.38 bits per heavy atom. The van der Waals surface area contributed by atoms with E-state index in [2.05, 4.69) is 4.98 Å². The number of phenolic OH excluding ortho intramolecular Hbond substituents is 1. The lowest BCUT2D eigenvalue weighted by Gasteiger charge is -2.09. The molecule has 0 radical (unpaired) electrons. The zero-order valence-corrected chi connectivity index (χ0v) is 14.0. The highest BCUT2D eigenvalue weighted by atomic mass is 32.1. The van der Waals surface area contributed by atoms with Gasteiger partial charge in [-0.05, 0) is 19.1 Å². The van der Waals surface area contributed by atoms with E-state index < -0.39 is 17.9 Å². The number of ether oxygens (including phenoxy) is 2. The molecule has 0 aliphatic rings. The number of carbonyl (C=O) groups excluding carboxylic acids is 2. The van der Waals surface area contributed by atoms with E-state index in [0.717, 1.165) is 11.3 Å². The number of hydrogen-bond acceptors (Lipinski definition) is 8. The Hall–Kier alpha value is -2.45. The van der Waals surface area contributed by atoms with Crippen molar-refractivity contribution in [3.8, 4) is 11.5 Å². The minimum atomic E-state index is -1.17. The fourth-order valence-electron chi connectivity index (χ4n) is 1.99. The van der Waals surface area contributed by atoms with Crippen molar-refractivity contribution in [3.63, 3.8) is 0 Å². The van der Waals surface area contributed by atoms with Crippen molar-refractivity contribution in [3.05, 3.63) is 39.8 Å². The highest BCUT2D eigenvalue weighted by Crippen LogP contribution is 2.28. The molecule has 0 aliphatic carbocycles. The van der Waals surface area contributed by atoms with Gasteiger partial charge in [-0.25, -0.2) is 9.78 Å². The topological polar surface area (TPSA) is 106 Å². The zero-order valence-electron chi connectivity index (χ0n) is 13.2. The summed E-state index contributed by atoms with van der Waals surface area (Å²) in [4.78, 5) is 27.8. The van der Waals surface area contributed by atoms with Gasteiger partial charge in [-0.2, -0.15) is 0 Å². The van der Waals surface area contributed by atoms with Crippen LogP contribution in [0.4, 0.5) is 0 Å². The third kappa shape index (κ3) is 4.09. The monoisotopic (exact) mass is 351 g/mol. The van der Waals surface area contributed by atoms with Crippen LogP contribution >= 0.6 is 11.3 Å². The number of carbonyl (C=O) groups is 2. The molecule has 1 unspecified atom stereocenters. The number of hydrogen-bond donors (Lipinski definition) is 2. The van der Waals surface area contributed by atoms with Gasteiger partial charge in [-0.3, -0.25) is 4.79 Å². The van der Waals surface area contributed by atoms with Gasteiger partial charge in [0, 0.05) is 17.9 Å². The van der Waals surface area contributed by atoms with Gasteiger partial charge in [-0.15, -0.1) is 11.3 Å². The Labute approximate surface area is 142 Å². The van der Waals surface area contributed by atoms with E-state index in [1.807, 2.05) is 0 Å². The molecule has 7 nitrogen and oxygen atoms in total. The first-order valence-corrected chi connectivity index (χ1v) is 8.05. The molecular formula is C16H17NO6S. The number of Topliss-reactive ketones (excluding diaryl/α,β-unsaturated/α-hetero) is 1. The first kappa shape index (κ1) is 17.9. The first-order valence-electron chi connectivity index (χ1n) is 7.17. The van der Waals surface area contributed by atoms with Crippen LogP contribution in [0.3, 0.4) is 0 Å². The van der Waals surface area contributed by atoms with E-state index in [1.54, 1.807) is 13.0 Å². The number of aliphatic hydroxyl groups is 1. The standard InChI is InChI=1S/C16H17NO6S/c1-3-23-16(21)11-8-24-15(17-11)14(20)7-13(19)10-5-4-9(22-2)6-12(10)18/h4-6,8,14,18,20H,3,7H2,1-2H3. The van der Waals surface area contributed by atoms with Gasteiger partial charge in [0.05, 0.1) is 19.3 Å². The van der Waals surface area contributed by atoms with Crippen LogP contribution in [0, 0.1) is 0 Å². The summed E-state index contributed by atoms with van der Waals surface area (Å²) < 4.78 is 9.77. The molecule has 0 aliphatic heterocycles. The van der Waals surface area contributed by atoms with Crippen LogP contribution in [0.1, 0.15) is 45.3 Å². The molecule has 1 aromatic heterocycles. The molecule has 0 amide bonds. The minimum absolute atomic E-state index is 0.0806. The average Bonchev–Trinajstić information content (AvgIpc) is 3.05. The maximum Gasteiger partial charge on any atom is 0.357 e. The number of aromatic nitrogens is 1. The van der Waals surface area contributed by atoms with Crippen LogP contribution in [0.5, 0.6) is 11.5 Å². The molecule has 2 rings (SSSR count). The maximum absolute atomic E-state index is 12.2. The number of aromatic hydroxyl groups is 1. The molecule has 1 atom stereocenters. The van der Waals surface area contributed by atoms with E-state index in [0.29, 0.717) is 5.75 Å². The van der Waals surface area contributed by atoms with Crippen molar-refractivity contribution < 1.29 is 29.3 Å². The number of benzene rings is 1. The first-order chi connectivity index (χ1) is 11.5. The summed E-state index contributed by atoms with van der Waals surface area (Å²) >= 11 is 1.06. The Morgan fingerprint density at radius 2 is 2.12 bits per heavy atom. The number of thiazole rings is 1. The molecular weight excluding hydrogens is 334 g/mol. The van der Waals surface area contributed by atoms with Crippen LogP contribution < -0.4 is 4.74 Å². The molecule has 0 bridgehead atoms. The van der Waals surface area contributed by atoms with Crippen LogP contribution in [-0.2, 0) is 4.74 Å². The van der Waals surface area contributed by atoms with Crippen LogP contribution in [-0.4, -0.2) is 40.7 Å². The molecule has 1 heterocycles. The van der Waals surface area contributed by atoms with Crippen molar-refractivity contribution in [1.82, 2.24) is 4.98 Å². The van der Waals surface area contributed by atoms with Crippen LogP contribution in [0.2, 0.25) is 0 Å². The summed E-state index contributed by atoms with van der Waals surface area (Å²) in [5.74, 6) is -0.830. The minimum Gasteiger partial charge on any atom is -0.507 e. The fraction of sp³-hybridized carbons (Fsp3) is 0.312. The Kier molecular flexibility index (Phi) is 5.88. The van der Waals surface area contributed by atoms with Gasteiger partial charge in [0.15, 0.2) is 11.5 Å². The number of methoxy groups -OCH3 is 1. The molecule has 8 heteroatoms.